The molecule has 13 heteroatoms. The first-order valence-electron chi connectivity index (χ1n) is 10.1. The summed E-state index contributed by atoms with van der Waals surface area (Å²) in [5, 5.41) is 70.0. The van der Waals surface area contributed by atoms with Crippen molar-refractivity contribution in [3.63, 3.8) is 0 Å². The number of benzene rings is 1. The van der Waals surface area contributed by atoms with Crippen LogP contribution in [0.25, 0.3) is 0 Å². The minimum Gasteiger partial charge on any atom is -0.493 e. The molecular formula is C20H28O13. The summed E-state index contributed by atoms with van der Waals surface area (Å²) in [6.07, 6.45) is -15.3. The monoisotopic (exact) mass is 476 g/mol. The number of hydrogen-bond donors (Lipinski definition) is 7. The van der Waals surface area contributed by atoms with E-state index in [0.717, 1.165) is 0 Å². The number of aliphatic hydroxyl groups is 7. The number of ether oxygens (including phenoxy) is 5. The summed E-state index contributed by atoms with van der Waals surface area (Å²) in [7, 11) is 1.37. The zero-order valence-corrected chi connectivity index (χ0v) is 17.6. The predicted molar refractivity (Wildman–Crippen MR) is 105 cm³/mol. The molecule has 10 atom stereocenters. The largest absolute Gasteiger partial charge is 0.493 e. The third kappa shape index (κ3) is 5.44. The third-order valence-electron chi connectivity index (χ3n) is 5.53. The van der Waals surface area contributed by atoms with Crippen molar-refractivity contribution >= 4 is 6.29 Å². The van der Waals surface area contributed by atoms with E-state index in [1.165, 1.54) is 25.3 Å². The number of aldehydes is 1. The summed E-state index contributed by atoms with van der Waals surface area (Å²) in [5.41, 5.74) is 0.346. The number of carbonyl (C=O) groups is 1. The zero-order chi connectivity index (χ0) is 24.3. The van der Waals surface area contributed by atoms with Crippen LogP contribution >= 0.6 is 0 Å². The van der Waals surface area contributed by atoms with Gasteiger partial charge in [0.1, 0.15) is 61.7 Å². The molecule has 0 bridgehead atoms. The highest BCUT2D eigenvalue weighted by Crippen LogP contribution is 2.31. The standard InChI is InChI=1S/C20H28O13/c1-29-10-4-8(5-21)2-3-9(10)30-7-12-13(23)14(24)17(27)20(32-12)33-18-11(6-22)31-19(28)16(26)15(18)25/h2-5,11-20,22-28H,6-7H2,1H3/t11-,12-,13-,14+,15-,16-,17-,18-,19?,20-/m1/s1. The normalized spacial score (nSPS) is 39.2. The summed E-state index contributed by atoms with van der Waals surface area (Å²) in [6, 6.07) is 4.38. The highest BCUT2D eigenvalue weighted by atomic mass is 16.7. The Morgan fingerprint density at radius 3 is 2.27 bits per heavy atom. The van der Waals surface area contributed by atoms with Crippen LogP contribution in [0.2, 0.25) is 0 Å². The molecule has 0 aromatic heterocycles. The Bertz CT molecular complexity index is 789. The van der Waals surface area contributed by atoms with Gasteiger partial charge in [0.2, 0.25) is 0 Å². The lowest BCUT2D eigenvalue weighted by Gasteiger charge is -2.45. The molecule has 2 heterocycles. The van der Waals surface area contributed by atoms with Gasteiger partial charge in [-0.2, -0.15) is 0 Å². The highest BCUT2D eigenvalue weighted by molar-refractivity contribution is 5.76. The van der Waals surface area contributed by atoms with Gasteiger partial charge in [-0.1, -0.05) is 0 Å². The van der Waals surface area contributed by atoms with Crippen LogP contribution in [0.5, 0.6) is 11.5 Å². The zero-order valence-electron chi connectivity index (χ0n) is 17.6. The fourth-order valence-corrected chi connectivity index (χ4v) is 3.61. The Morgan fingerprint density at radius 2 is 1.64 bits per heavy atom. The van der Waals surface area contributed by atoms with Crippen molar-refractivity contribution in [2.75, 3.05) is 20.3 Å². The van der Waals surface area contributed by atoms with E-state index in [1.807, 2.05) is 0 Å². The SMILES string of the molecule is COc1cc(C=O)ccc1OC[C@H]1O[C@H](O[C@H]2[C@H](O)[C@@H](O)C(O)O[C@@H]2CO)[C@H](O)[C@@H](O)[C@@H]1O. The van der Waals surface area contributed by atoms with Gasteiger partial charge in [-0.25, -0.2) is 0 Å². The van der Waals surface area contributed by atoms with Crippen LogP contribution in [0.1, 0.15) is 10.4 Å². The van der Waals surface area contributed by atoms with Crippen molar-refractivity contribution in [3.05, 3.63) is 23.8 Å². The van der Waals surface area contributed by atoms with Crippen molar-refractivity contribution in [1.29, 1.82) is 0 Å². The van der Waals surface area contributed by atoms with Gasteiger partial charge in [0, 0.05) is 5.56 Å². The Morgan fingerprint density at radius 1 is 0.909 bits per heavy atom. The van der Waals surface area contributed by atoms with E-state index in [4.69, 9.17) is 23.7 Å². The maximum absolute atomic E-state index is 10.9. The van der Waals surface area contributed by atoms with Crippen LogP contribution in [-0.4, -0.2) is 124 Å². The van der Waals surface area contributed by atoms with Gasteiger partial charge in [0.25, 0.3) is 0 Å². The van der Waals surface area contributed by atoms with Gasteiger partial charge in [-0.3, -0.25) is 4.79 Å². The van der Waals surface area contributed by atoms with Crippen molar-refractivity contribution in [3.8, 4) is 11.5 Å². The Hall–Kier alpha value is -1.91. The molecule has 2 aliphatic heterocycles. The molecule has 0 radical (unpaired) electrons. The van der Waals surface area contributed by atoms with Gasteiger partial charge < -0.3 is 59.4 Å². The number of hydrogen-bond acceptors (Lipinski definition) is 13. The average Bonchev–Trinajstić information content (AvgIpc) is 2.83. The second-order valence-corrected chi connectivity index (χ2v) is 7.68. The van der Waals surface area contributed by atoms with Crippen LogP contribution < -0.4 is 9.47 Å². The second-order valence-electron chi connectivity index (χ2n) is 7.68. The van der Waals surface area contributed by atoms with Crippen LogP contribution in [0, 0.1) is 0 Å². The van der Waals surface area contributed by atoms with Crippen LogP contribution in [0.3, 0.4) is 0 Å². The first kappa shape index (κ1) is 25.7. The fourth-order valence-electron chi connectivity index (χ4n) is 3.61. The lowest BCUT2D eigenvalue weighted by atomic mass is 9.97. The Labute approximate surface area is 188 Å². The average molecular weight is 476 g/mol. The van der Waals surface area contributed by atoms with Gasteiger partial charge in [0.15, 0.2) is 24.1 Å². The predicted octanol–water partition coefficient (Wildman–Crippen LogP) is -3.49. The Kier molecular flexibility index (Phi) is 8.58. The quantitative estimate of drug-likeness (QED) is 0.182. The van der Waals surface area contributed by atoms with Crippen molar-refractivity contribution in [2.24, 2.45) is 0 Å². The van der Waals surface area contributed by atoms with Gasteiger partial charge in [0.05, 0.1) is 13.7 Å². The van der Waals surface area contributed by atoms with E-state index < -0.39 is 68.0 Å². The second kappa shape index (κ2) is 11.0. The lowest BCUT2D eigenvalue weighted by molar-refractivity contribution is -0.354. The summed E-state index contributed by atoms with van der Waals surface area (Å²) < 4.78 is 26.8. The molecule has 1 aromatic rings. The smallest absolute Gasteiger partial charge is 0.187 e. The first-order chi connectivity index (χ1) is 15.7. The first-order valence-corrected chi connectivity index (χ1v) is 10.1. The molecule has 33 heavy (non-hydrogen) atoms. The summed E-state index contributed by atoms with van der Waals surface area (Å²) in [6.45, 7) is -1.04. The third-order valence-corrected chi connectivity index (χ3v) is 5.53. The molecule has 0 amide bonds. The van der Waals surface area contributed by atoms with E-state index in [-0.39, 0.29) is 18.1 Å². The molecule has 0 spiro atoms. The fraction of sp³-hybridized carbons (Fsp3) is 0.650. The van der Waals surface area contributed by atoms with E-state index in [0.29, 0.717) is 11.8 Å². The summed E-state index contributed by atoms with van der Waals surface area (Å²) in [5.74, 6) is 0.449. The molecule has 0 saturated carbocycles. The highest BCUT2D eigenvalue weighted by Gasteiger charge is 2.50. The van der Waals surface area contributed by atoms with Crippen LogP contribution in [0.4, 0.5) is 0 Å². The van der Waals surface area contributed by atoms with Gasteiger partial charge in [-0.15, -0.1) is 0 Å². The minimum absolute atomic E-state index is 0.213. The molecular weight excluding hydrogens is 448 g/mol. The topological polar surface area (TPSA) is 205 Å². The number of methoxy groups -OCH3 is 1. The number of rotatable bonds is 8. The minimum atomic E-state index is -1.77. The summed E-state index contributed by atoms with van der Waals surface area (Å²) in [4.78, 5) is 10.9. The molecule has 2 fully saturated rings. The summed E-state index contributed by atoms with van der Waals surface area (Å²) >= 11 is 0. The van der Waals surface area contributed by atoms with E-state index in [1.54, 1.807) is 0 Å². The molecule has 2 aliphatic rings. The van der Waals surface area contributed by atoms with Crippen molar-refractivity contribution in [1.82, 2.24) is 0 Å². The van der Waals surface area contributed by atoms with Gasteiger partial charge in [-0.05, 0) is 18.2 Å². The molecule has 13 nitrogen and oxygen atoms in total. The molecule has 1 unspecified atom stereocenters. The van der Waals surface area contributed by atoms with E-state index >= 15 is 0 Å². The molecule has 1 aromatic carbocycles. The van der Waals surface area contributed by atoms with Crippen LogP contribution in [-0.2, 0) is 14.2 Å². The molecule has 2 saturated heterocycles. The molecule has 7 N–H and O–H groups in total. The van der Waals surface area contributed by atoms with Crippen molar-refractivity contribution < 1.29 is 64.2 Å². The molecule has 3 rings (SSSR count). The van der Waals surface area contributed by atoms with Gasteiger partial charge >= 0.3 is 0 Å². The maximum atomic E-state index is 10.9. The molecule has 0 aliphatic carbocycles. The maximum Gasteiger partial charge on any atom is 0.187 e. The number of carbonyl (C=O) groups excluding carboxylic acids is 1. The Balaban J connectivity index is 1.71. The van der Waals surface area contributed by atoms with Crippen molar-refractivity contribution in [2.45, 2.75) is 61.4 Å². The van der Waals surface area contributed by atoms with E-state index in [9.17, 15) is 40.5 Å². The van der Waals surface area contributed by atoms with Crippen LogP contribution in [0.15, 0.2) is 18.2 Å². The number of aliphatic hydroxyl groups excluding tert-OH is 7. The molecule has 186 valence electrons. The van der Waals surface area contributed by atoms with E-state index in [2.05, 4.69) is 0 Å². The lowest BCUT2D eigenvalue weighted by Crippen LogP contribution is -2.64.